The number of hydrogen-bond donors (Lipinski definition) is 1. The van der Waals surface area contributed by atoms with Crippen LogP contribution in [-0.4, -0.2) is 37.0 Å². The zero-order valence-electron chi connectivity index (χ0n) is 9.29. The van der Waals surface area contributed by atoms with Gasteiger partial charge in [0.1, 0.15) is 5.84 Å². The molecule has 0 bridgehead atoms. The first-order valence-electron chi connectivity index (χ1n) is 5.36. The summed E-state index contributed by atoms with van der Waals surface area (Å²) in [5.41, 5.74) is 2.15. The maximum atomic E-state index is 8.18. The first-order valence-corrected chi connectivity index (χ1v) is 6.15. The van der Waals surface area contributed by atoms with Gasteiger partial charge in [-0.05, 0) is 24.6 Å². The molecule has 0 atom stereocenters. The number of benzene rings is 1. The molecule has 86 valence electrons. The molecular weight excluding hydrogens is 268 g/mol. The van der Waals surface area contributed by atoms with Crippen molar-refractivity contribution in [1.29, 1.82) is 5.41 Å². The number of rotatable bonds is 1. The molecule has 0 amide bonds. The summed E-state index contributed by atoms with van der Waals surface area (Å²) in [5, 5.41) is 8.18. The zero-order valence-corrected chi connectivity index (χ0v) is 10.9. The molecule has 1 aliphatic heterocycles. The van der Waals surface area contributed by atoms with Crippen LogP contribution in [0.2, 0.25) is 0 Å². The third-order valence-corrected chi connectivity index (χ3v) is 3.36. The lowest BCUT2D eigenvalue weighted by Gasteiger charge is -2.29. The molecule has 1 aromatic rings. The molecule has 16 heavy (non-hydrogen) atoms. The highest BCUT2D eigenvalue weighted by atomic mass is 79.9. The van der Waals surface area contributed by atoms with E-state index in [2.05, 4.69) is 20.8 Å². The SMILES string of the molecule is Cc1ccc(C(=N)N2CCOCC2)c(Br)c1. The van der Waals surface area contributed by atoms with E-state index in [0.29, 0.717) is 19.0 Å². The molecule has 1 fully saturated rings. The Labute approximate surface area is 104 Å². The Morgan fingerprint density at radius 3 is 2.69 bits per heavy atom. The number of morpholine rings is 1. The normalized spacial score (nSPS) is 16.2. The van der Waals surface area contributed by atoms with E-state index in [9.17, 15) is 0 Å². The maximum absolute atomic E-state index is 8.18. The first kappa shape index (κ1) is 11.6. The minimum Gasteiger partial charge on any atom is -0.378 e. The molecule has 0 radical (unpaired) electrons. The lowest BCUT2D eigenvalue weighted by atomic mass is 10.1. The monoisotopic (exact) mass is 282 g/mol. The van der Waals surface area contributed by atoms with E-state index in [-0.39, 0.29) is 0 Å². The fourth-order valence-electron chi connectivity index (χ4n) is 1.77. The van der Waals surface area contributed by atoms with Crippen molar-refractivity contribution in [3.63, 3.8) is 0 Å². The van der Waals surface area contributed by atoms with Gasteiger partial charge in [0.25, 0.3) is 0 Å². The smallest absolute Gasteiger partial charge is 0.129 e. The highest BCUT2D eigenvalue weighted by Crippen LogP contribution is 2.20. The molecule has 0 aromatic heterocycles. The zero-order chi connectivity index (χ0) is 11.5. The van der Waals surface area contributed by atoms with Gasteiger partial charge in [0.15, 0.2) is 0 Å². The van der Waals surface area contributed by atoms with Crippen molar-refractivity contribution in [2.24, 2.45) is 0 Å². The molecule has 1 N–H and O–H groups in total. The standard InChI is InChI=1S/C12H15BrN2O/c1-9-2-3-10(11(13)8-9)12(14)15-4-6-16-7-5-15/h2-3,8,14H,4-7H2,1H3. The van der Waals surface area contributed by atoms with Gasteiger partial charge in [-0.2, -0.15) is 0 Å². The van der Waals surface area contributed by atoms with Crippen molar-refractivity contribution >= 4 is 21.8 Å². The van der Waals surface area contributed by atoms with Gasteiger partial charge in [0.2, 0.25) is 0 Å². The highest BCUT2D eigenvalue weighted by molar-refractivity contribution is 9.10. The van der Waals surface area contributed by atoms with Gasteiger partial charge in [-0.1, -0.05) is 22.0 Å². The average Bonchev–Trinajstić information content (AvgIpc) is 2.29. The molecule has 4 heteroatoms. The van der Waals surface area contributed by atoms with Crippen LogP contribution in [0.5, 0.6) is 0 Å². The molecule has 1 saturated heterocycles. The van der Waals surface area contributed by atoms with Crippen LogP contribution >= 0.6 is 15.9 Å². The van der Waals surface area contributed by atoms with Crippen LogP contribution in [0.1, 0.15) is 11.1 Å². The molecule has 2 rings (SSSR count). The summed E-state index contributed by atoms with van der Waals surface area (Å²) in [7, 11) is 0. The highest BCUT2D eigenvalue weighted by Gasteiger charge is 2.16. The number of amidine groups is 1. The Morgan fingerprint density at radius 1 is 1.38 bits per heavy atom. The molecule has 1 heterocycles. The van der Waals surface area contributed by atoms with Crippen molar-refractivity contribution in [1.82, 2.24) is 4.90 Å². The van der Waals surface area contributed by atoms with Gasteiger partial charge in [0.05, 0.1) is 13.2 Å². The van der Waals surface area contributed by atoms with Gasteiger partial charge in [-0.3, -0.25) is 5.41 Å². The Bertz CT molecular complexity index is 400. The topological polar surface area (TPSA) is 36.3 Å². The molecule has 0 unspecified atom stereocenters. The van der Waals surface area contributed by atoms with Crippen LogP contribution in [0.4, 0.5) is 0 Å². The van der Waals surface area contributed by atoms with Crippen molar-refractivity contribution in [3.8, 4) is 0 Å². The Balaban J connectivity index is 2.19. The van der Waals surface area contributed by atoms with E-state index in [1.54, 1.807) is 0 Å². The lowest BCUT2D eigenvalue weighted by Crippen LogP contribution is -2.40. The van der Waals surface area contributed by atoms with E-state index in [0.717, 1.165) is 23.1 Å². The van der Waals surface area contributed by atoms with E-state index in [4.69, 9.17) is 10.1 Å². The molecular formula is C12H15BrN2O. The summed E-state index contributed by atoms with van der Waals surface area (Å²) in [6, 6.07) is 6.08. The van der Waals surface area contributed by atoms with Crippen LogP contribution in [0.15, 0.2) is 22.7 Å². The summed E-state index contributed by atoms with van der Waals surface area (Å²) in [6.07, 6.45) is 0. The van der Waals surface area contributed by atoms with Crippen LogP contribution in [0.3, 0.4) is 0 Å². The third-order valence-electron chi connectivity index (χ3n) is 2.71. The van der Waals surface area contributed by atoms with Gasteiger partial charge in [-0.15, -0.1) is 0 Å². The summed E-state index contributed by atoms with van der Waals surface area (Å²) in [6.45, 7) is 5.09. The summed E-state index contributed by atoms with van der Waals surface area (Å²) in [4.78, 5) is 2.05. The van der Waals surface area contributed by atoms with E-state index in [1.165, 1.54) is 5.56 Å². The van der Waals surface area contributed by atoms with Gasteiger partial charge in [-0.25, -0.2) is 0 Å². The van der Waals surface area contributed by atoms with E-state index < -0.39 is 0 Å². The van der Waals surface area contributed by atoms with Crippen LogP contribution in [0, 0.1) is 12.3 Å². The maximum Gasteiger partial charge on any atom is 0.129 e. The van der Waals surface area contributed by atoms with Gasteiger partial charge in [0, 0.05) is 23.1 Å². The second-order valence-corrected chi connectivity index (χ2v) is 4.79. The number of nitrogens with zero attached hydrogens (tertiary/aromatic N) is 1. The van der Waals surface area contributed by atoms with Crippen LogP contribution < -0.4 is 0 Å². The molecule has 3 nitrogen and oxygen atoms in total. The molecule has 1 aromatic carbocycles. The second kappa shape index (κ2) is 4.97. The number of hydrogen-bond acceptors (Lipinski definition) is 2. The third kappa shape index (κ3) is 2.44. The van der Waals surface area contributed by atoms with Gasteiger partial charge < -0.3 is 9.64 Å². The fourth-order valence-corrected chi connectivity index (χ4v) is 2.45. The van der Waals surface area contributed by atoms with Crippen LogP contribution in [0.25, 0.3) is 0 Å². The fraction of sp³-hybridized carbons (Fsp3) is 0.417. The largest absolute Gasteiger partial charge is 0.378 e. The Hall–Kier alpha value is -0.870. The molecule has 0 spiro atoms. The summed E-state index contributed by atoms with van der Waals surface area (Å²) >= 11 is 3.52. The second-order valence-electron chi connectivity index (χ2n) is 3.93. The average molecular weight is 283 g/mol. The van der Waals surface area contributed by atoms with Gasteiger partial charge >= 0.3 is 0 Å². The minimum atomic E-state index is 0.579. The van der Waals surface area contributed by atoms with Crippen LogP contribution in [-0.2, 0) is 4.74 Å². The number of halogens is 1. The van der Waals surface area contributed by atoms with Crippen molar-refractivity contribution < 1.29 is 4.74 Å². The predicted molar refractivity (Wildman–Crippen MR) is 68.1 cm³/mol. The van der Waals surface area contributed by atoms with E-state index >= 15 is 0 Å². The van der Waals surface area contributed by atoms with Crippen molar-refractivity contribution in [2.75, 3.05) is 26.3 Å². The number of aryl methyl sites for hydroxylation is 1. The molecule has 0 aliphatic carbocycles. The molecule has 0 saturated carbocycles. The number of ether oxygens (including phenoxy) is 1. The van der Waals surface area contributed by atoms with Crippen molar-refractivity contribution in [3.05, 3.63) is 33.8 Å². The Morgan fingerprint density at radius 2 is 2.06 bits per heavy atom. The molecule has 1 aliphatic rings. The Kier molecular flexibility index (Phi) is 3.61. The first-order chi connectivity index (χ1) is 7.68. The quantitative estimate of drug-likeness (QED) is 0.634. The predicted octanol–water partition coefficient (Wildman–Crippen LogP) is 2.42. The number of nitrogens with one attached hydrogen (secondary N) is 1. The summed E-state index contributed by atoms with van der Waals surface area (Å²) < 4.78 is 6.27. The van der Waals surface area contributed by atoms with Crippen molar-refractivity contribution in [2.45, 2.75) is 6.92 Å². The summed E-state index contributed by atoms with van der Waals surface area (Å²) in [5.74, 6) is 0.579. The van der Waals surface area contributed by atoms with E-state index in [1.807, 2.05) is 25.1 Å². The lowest BCUT2D eigenvalue weighted by molar-refractivity contribution is 0.0679. The minimum absolute atomic E-state index is 0.579.